The number of benzene rings is 1. The van der Waals surface area contributed by atoms with Crippen LogP contribution in [0.2, 0.25) is 0 Å². The Morgan fingerprint density at radius 3 is 2.57 bits per heavy atom. The first-order chi connectivity index (χ1) is 10.1. The molecule has 0 heterocycles. The van der Waals surface area contributed by atoms with Crippen LogP contribution < -0.4 is 0 Å². The third kappa shape index (κ3) is 5.95. The molecule has 0 saturated carbocycles. The fourth-order valence-corrected chi connectivity index (χ4v) is 2.00. The molecule has 1 rings (SSSR count). The van der Waals surface area contributed by atoms with Crippen molar-refractivity contribution in [2.45, 2.75) is 19.8 Å². The molecule has 0 aliphatic rings. The molecule has 5 nitrogen and oxygen atoms in total. The lowest BCUT2D eigenvalue weighted by atomic mass is 10.1. The van der Waals surface area contributed by atoms with Crippen molar-refractivity contribution in [2.75, 3.05) is 33.9 Å². The SMILES string of the molecule is COCCCN(CCC(=O)OC)C(=O)c1cccc(C)c1. The van der Waals surface area contributed by atoms with E-state index in [1.54, 1.807) is 18.1 Å². The summed E-state index contributed by atoms with van der Waals surface area (Å²) in [5.41, 5.74) is 1.67. The lowest BCUT2D eigenvalue weighted by molar-refractivity contribution is -0.140. The maximum atomic E-state index is 12.5. The second-order valence-corrected chi connectivity index (χ2v) is 4.83. The molecule has 1 aromatic carbocycles. The number of hydrogen-bond acceptors (Lipinski definition) is 4. The van der Waals surface area contributed by atoms with E-state index in [0.29, 0.717) is 25.3 Å². The summed E-state index contributed by atoms with van der Waals surface area (Å²) in [4.78, 5) is 25.5. The molecule has 116 valence electrons. The zero-order valence-corrected chi connectivity index (χ0v) is 12.9. The van der Waals surface area contributed by atoms with Crippen LogP contribution in [0.3, 0.4) is 0 Å². The van der Waals surface area contributed by atoms with Crippen LogP contribution >= 0.6 is 0 Å². The van der Waals surface area contributed by atoms with Gasteiger partial charge in [-0.25, -0.2) is 0 Å². The minimum Gasteiger partial charge on any atom is -0.469 e. The van der Waals surface area contributed by atoms with Crippen molar-refractivity contribution in [3.8, 4) is 0 Å². The number of ether oxygens (including phenoxy) is 2. The third-order valence-electron chi connectivity index (χ3n) is 3.14. The minimum atomic E-state index is -0.316. The number of aryl methyl sites for hydroxylation is 1. The highest BCUT2D eigenvalue weighted by molar-refractivity contribution is 5.94. The van der Waals surface area contributed by atoms with Gasteiger partial charge in [0.2, 0.25) is 0 Å². The zero-order chi connectivity index (χ0) is 15.7. The number of carbonyl (C=O) groups is 2. The Labute approximate surface area is 125 Å². The van der Waals surface area contributed by atoms with E-state index in [4.69, 9.17) is 4.74 Å². The van der Waals surface area contributed by atoms with Crippen LogP contribution in [0.25, 0.3) is 0 Å². The summed E-state index contributed by atoms with van der Waals surface area (Å²) in [6.45, 7) is 3.43. The van der Waals surface area contributed by atoms with Gasteiger partial charge in [0.15, 0.2) is 0 Å². The Bertz CT molecular complexity index is 473. The van der Waals surface area contributed by atoms with Crippen LogP contribution in [0.5, 0.6) is 0 Å². The van der Waals surface area contributed by atoms with Gasteiger partial charge in [-0.05, 0) is 25.5 Å². The lowest BCUT2D eigenvalue weighted by Crippen LogP contribution is -2.34. The van der Waals surface area contributed by atoms with Crippen molar-refractivity contribution in [2.24, 2.45) is 0 Å². The molecule has 0 spiro atoms. The van der Waals surface area contributed by atoms with E-state index in [1.807, 2.05) is 25.1 Å². The molecule has 0 radical (unpaired) electrons. The van der Waals surface area contributed by atoms with Gasteiger partial charge in [0.25, 0.3) is 5.91 Å². The Balaban J connectivity index is 2.73. The first kappa shape index (κ1) is 17.2. The molecule has 0 unspecified atom stereocenters. The quantitative estimate of drug-likeness (QED) is 0.543. The van der Waals surface area contributed by atoms with E-state index in [2.05, 4.69) is 4.74 Å². The van der Waals surface area contributed by atoms with E-state index in [1.165, 1.54) is 7.11 Å². The van der Waals surface area contributed by atoms with Gasteiger partial charge in [0.05, 0.1) is 13.5 Å². The summed E-state index contributed by atoms with van der Waals surface area (Å²) in [6.07, 6.45) is 0.927. The van der Waals surface area contributed by atoms with Crippen molar-refractivity contribution in [3.63, 3.8) is 0 Å². The van der Waals surface area contributed by atoms with E-state index in [9.17, 15) is 9.59 Å². The molecule has 0 bridgehead atoms. The average Bonchev–Trinajstić information content (AvgIpc) is 2.49. The Morgan fingerprint density at radius 1 is 1.19 bits per heavy atom. The normalized spacial score (nSPS) is 10.2. The molecule has 5 heteroatoms. The molecular formula is C16H23NO4. The highest BCUT2D eigenvalue weighted by Crippen LogP contribution is 2.09. The summed E-state index contributed by atoms with van der Waals surface area (Å²) >= 11 is 0. The topological polar surface area (TPSA) is 55.8 Å². The number of methoxy groups -OCH3 is 2. The van der Waals surface area contributed by atoms with Crippen molar-refractivity contribution < 1.29 is 19.1 Å². The van der Waals surface area contributed by atoms with Crippen molar-refractivity contribution >= 4 is 11.9 Å². The molecule has 1 amide bonds. The monoisotopic (exact) mass is 293 g/mol. The second kappa shape index (κ2) is 9.13. The van der Waals surface area contributed by atoms with E-state index >= 15 is 0 Å². The van der Waals surface area contributed by atoms with Gasteiger partial charge in [0.1, 0.15) is 0 Å². The Hall–Kier alpha value is -1.88. The van der Waals surface area contributed by atoms with Crippen molar-refractivity contribution in [1.29, 1.82) is 0 Å². The van der Waals surface area contributed by atoms with Crippen LogP contribution in [-0.2, 0) is 14.3 Å². The summed E-state index contributed by atoms with van der Waals surface area (Å²) < 4.78 is 9.64. The lowest BCUT2D eigenvalue weighted by Gasteiger charge is -2.22. The van der Waals surface area contributed by atoms with Crippen LogP contribution in [0.4, 0.5) is 0 Å². The smallest absolute Gasteiger partial charge is 0.307 e. The Morgan fingerprint density at radius 2 is 1.95 bits per heavy atom. The third-order valence-corrected chi connectivity index (χ3v) is 3.14. The van der Waals surface area contributed by atoms with Gasteiger partial charge >= 0.3 is 5.97 Å². The predicted octanol–water partition coefficient (Wildman–Crippen LogP) is 2.04. The number of nitrogens with zero attached hydrogens (tertiary/aromatic N) is 1. The average molecular weight is 293 g/mol. The fraction of sp³-hybridized carbons (Fsp3) is 0.500. The maximum absolute atomic E-state index is 12.5. The molecule has 0 N–H and O–H groups in total. The number of rotatable bonds is 8. The molecule has 0 fully saturated rings. The molecule has 0 aliphatic heterocycles. The summed E-state index contributed by atoms with van der Waals surface area (Å²) in [5, 5.41) is 0. The predicted molar refractivity (Wildman–Crippen MR) is 80.2 cm³/mol. The molecule has 1 aromatic rings. The van der Waals surface area contributed by atoms with Crippen LogP contribution in [0.1, 0.15) is 28.8 Å². The van der Waals surface area contributed by atoms with Gasteiger partial charge in [-0.3, -0.25) is 9.59 Å². The van der Waals surface area contributed by atoms with Crippen LogP contribution in [0, 0.1) is 6.92 Å². The van der Waals surface area contributed by atoms with E-state index in [-0.39, 0.29) is 18.3 Å². The number of esters is 1. The standard InChI is InChI=1S/C16H23NO4/c1-13-6-4-7-14(12-13)16(19)17(9-5-11-20-2)10-8-15(18)21-3/h4,6-7,12H,5,8-11H2,1-3H3. The maximum Gasteiger partial charge on any atom is 0.307 e. The number of hydrogen-bond donors (Lipinski definition) is 0. The number of carbonyl (C=O) groups excluding carboxylic acids is 2. The van der Waals surface area contributed by atoms with Gasteiger partial charge in [0, 0.05) is 32.4 Å². The fourth-order valence-electron chi connectivity index (χ4n) is 2.00. The molecule has 0 aliphatic carbocycles. The largest absolute Gasteiger partial charge is 0.469 e. The second-order valence-electron chi connectivity index (χ2n) is 4.83. The van der Waals surface area contributed by atoms with Gasteiger partial charge in [-0.1, -0.05) is 17.7 Å². The first-order valence-electron chi connectivity index (χ1n) is 7.00. The summed E-state index contributed by atoms with van der Waals surface area (Å²) in [6, 6.07) is 7.44. The van der Waals surface area contributed by atoms with Gasteiger partial charge < -0.3 is 14.4 Å². The molecule has 21 heavy (non-hydrogen) atoms. The number of amides is 1. The van der Waals surface area contributed by atoms with Gasteiger partial charge in [-0.15, -0.1) is 0 Å². The van der Waals surface area contributed by atoms with Crippen molar-refractivity contribution in [1.82, 2.24) is 4.90 Å². The van der Waals surface area contributed by atoms with E-state index in [0.717, 1.165) is 12.0 Å². The first-order valence-corrected chi connectivity index (χ1v) is 7.00. The van der Waals surface area contributed by atoms with Crippen LogP contribution in [0.15, 0.2) is 24.3 Å². The summed E-state index contributed by atoms with van der Waals surface area (Å²) in [7, 11) is 2.97. The zero-order valence-electron chi connectivity index (χ0n) is 12.9. The molecule has 0 saturated heterocycles. The molecule has 0 aromatic heterocycles. The molecular weight excluding hydrogens is 270 g/mol. The minimum absolute atomic E-state index is 0.0706. The van der Waals surface area contributed by atoms with Crippen LogP contribution in [-0.4, -0.2) is 50.7 Å². The van der Waals surface area contributed by atoms with Crippen molar-refractivity contribution in [3.05, 3.63) is 35.4 Å². The molecule has 0 atom stereocenters. The highest BCUT2D eigenvalue weighted by Gasteiger charge is 2.17. The van der Waals surface area contributed by atoms with E-state index < -0.39 is 0 Å². The highest BCUT2D eigenvalue weighted by atomic mass is 16.5. The Kier molecular flexibility index (Phi) is 7.46. The summed E-state index contributed by atoms with van der Waals surface area (Å²) in [5.74, 6) is -0.387. The van der Waals surface area contributed by atoms with Gasteiger partial charge in [-0.2, -0.15) is 0 Å².